The number of hydrogen-bond donors (Lipinski definition) is 3. The predicted molar refractivity (Wildman–Crippen MR) is 193 cm³/mol. The fraction of sp³-hybridized carbons (Fsp3) is 0.500. The number of methoxy groups -OCH3 is 1. The highest BCUT2D eigenvalue weighted by molar-refractivity contribution is 6.01. The van der Waals surface area contributed by atoms with Crippen molar-refractivity contribution < 1.29 is 33.4 Å². The van der Waals surface area contributed by atoms with Gasteiger partial charge in [0.2, 0.25) is 5.91 Å². The molecule has 278 valence electrons. The minimum Gasteiger partial charge on any atom is -0.467 e. The van der Waals surface area contributed by atoms with Crippen LogP contribution in [-0.2, 0) is 19.1 Å². The zero-order chi connectivity index (χ0) is 38.0. The second-order valence-corrected chi connectivity index (χ2v) is 13.7. The number of alkyl carbamates (subject to hydrolysis) is 1. The van der Waals surface area contributed by atoms with Crippen molar-refractivity contribution in [3.8, 4) is 6.07 Å². The molecule has 1 saturated heterocycles. The van der Waals surface area contributed by atoms with Gasteiger partial charge in [0.05, 0.1) is 24.6 Å². The Balaban J connectivity index is 1.36. The molecule has 1 aliphatic rings. The monoisotopic (exact) mass is 717 g/mol. The van der Waals surface area contributed by atoms with E-state index < -0.39 is 35.6 Å². The number of fused-ring (bicyclic) bond motifs is 1. The van der Waals surface area contributed by atoms with E-state index in [1.165, 1.54) is 30.1 Å². The summed E-state index contributed by atoms with van der Waals surface area (Å²) in [5.41, 5.74) is 0.484. The first kappa shape index (κ1) is 39.1. The van der Waals surface area contributed by atoms with Crippen LogP contribution in [0, 0.1) is 17.2 Å². The molecule has 1 aliphatic heterocycles. The van der Waals surface area contributed by atoms with Crippen molar-refractivity contribution in [2.75, 3.05) is 44.0 Å². The van der Waals surface area contributed by atoms with Crippen molar-refractivity contribution in [3.05, 3.63) is 48.4 Å². The summed E-state index contributed by atoms with van der Waals surface area (Å²) in [5, 5.41) is 17.8. The number of carbonyl (C=O) groups is 5. The fourth-order valence-electron chi connectivity index (χ4n) is 6.00. The van der Waals surface area contributed by atoms with Gasteiger partial charge in [-0.3, -0.25) is 14.2 Å². The summed E-state index contributed by atoms with van der Waals surface area (Å²) < 4.78 is 11.5. The number of unbranched alkanes of at least 4 members (excludes halogenated alkanes) is 1. The van der Waals surface area contributed by atoms with Crippen LogP contribution in [0.15, 0.2) is 42.9 Å². The van der Waals surface area contributed by atoms with E-state index in [0.717, 1.165) is 6.42 Å². The Labute approximate surface area is 302 Å². The van der Waals surface area contributed by atoms with Gasteiger partial charge in [-0.2, -0.15) is 5.26 Å². The molecule has 1 unspecified atom stereocenters. The third kappa shape index (κ3) is 10.2. The van der Waals surface area contributed by atoms with E-state index in [1.54, 1.807) is 50.1 Å². The second kappa shape index (κ2) is 17.5. The van der Waals surface area contributed by atoms with Crippen LogP contribution in [0.4, 0.5) is 21.1 Å². The Morgan fingerprint density at radius 2 is 1.83 bits per heavy atom. The number of piperidine rings is 1. The van der Waals surface area contributed by atoms with Gasteiger partial charge >= 0.3 is 18.1 Å². The lowest BCUT2D eigenvalue weighted by atomic mass is 9.92. The van der Waals surface area contributed by atoms with Crippen LogP contribution in [0.25, 0.3) is 11.0 Å². The van der Waals surface area contributed by atoms with Crippen molar-refractivity contribution in [2.24, 2.45) is 5.92 Å². The minimum atomic E-state index is -0.891. The van der Waals surface area contributed by atoms with Gasteiger partial charge in [-0.1, -0.05) is 6.92 Å². The van der Waals surface area contributed by atoms with E-state index in [2.05, 4.69) is 32.8 Å². The molecule has 2 aromatic heterocycles. The summed E-state index contributed by atoms with van der Waals surface area (Å²) in [6.45, 7) is 8.84. The molecule has 0 spiro atoms. The lowest BCUT2D eigenvalue weighted by Gasteiger charge is -2.42. The smallest absolute Gasteiger partial charge is 0.407 e. The van der Waals surface area contributed by atoms with Crippen LogP contribution in [0.1, 0.15) is 70.2 Å². The van der Waals surface area contributed by atoms with E-state index in [-0.39, 0.29) is 29.9 Å². The molecule has 4 amide bonds. The van der Waals surface area contributed by atoms with E-state index >= 15 is 0 Å². The molecule has 4 rings (SSSR count). The maximum Gasteiger partial charge on any atom is 0.407 e. The number of anilines is 2. The van der Waals surface area contributed by atoms with Crippen molar-refractivity contribution in [1.82, 2.24) is 30.1 Å². The molecule has 3 atom stereocenters. The van der Waals surface area contributed by atoms with Crippen LogP contribution in [0.3, 0.4) is 0 Å². The number of esters is 1. The largest absolute Gasteiger partial charge is 0.467 e. The summed E-state index contributed by atoms with van der Waals surface area (Å²) in [5.74, 6) is -0.408. The molecule has 0 bridgehead atoms. The van der Waals surface area contributed by atoms with E-state index in [1.807, 2.05) is 18.0 Å². The highest BCUT2D eigenvalue weighted by Crippen LogP contribution is 2.30. The van der Waals surface area contributed by atoms with Crippen LogP contribution in [0.2, 0.25) is 0 Å². The molecule has 3 heterocycles. The third-order valence-electron chi connectivity index (χ3n) is 8.79. The van der Waals surface area contributed by atoms with Crippen molar-refractivity contribution in [1.29, 1.82) is 5.26 Å². The summed E-state index contributed by atoms with van der Waals surface area (Å²) in [6.07, 6.45) is 4.47. The number of nitrogens with one attached hydrogen (secondary N) is 3. The van der Waals surface area contributed by atoms with Crippen LogP contribution in [-0.4, -0.2) is 101 Å². The molecule has 3 aromatic rings. The van der Waals surface area contributed by atoms with E-state index in [4.69, 9.17) is 14.7 Å². The number of benzene rings is 1. The number of nitriles is 1. The molecule has 0 saturated carbocycles. The highest BCUT2D eigenvalue weighted by Gasteiger charge is 2.33. The molecular formula is C36H47N9O7. The van der Waals surface area contributed by atoms with Crippen molar-refractivity contribution in [3.63, 3.8) is 0 Å². The number of likely N-dealkylation sites (tertiary alicyclic amines) is 1. The first-order valence-electron chi connectivity index (χ1n) is 17.2. The lowest BCUT2D eigenvalue weighted by Crippen LogP contribution is -2.52. The van der Waals surface area contributed by atoms with Crippen molar-refractivity contribution in [2.45, 2.75) is 77.5 Å². The molecular weight excluding hydrogens is 670 g/mol. The molecule has 1 fully saturated rings. The van der Waals surface area contributed by atoms with Gasteiger partial charge in [0, 0.05) is 44.1 Å². The number of amides is 4. The summed E-state index contributed by atoms with van der Waals surface area (Å²) in [6, 6.07) is 8.47. The van der Waals surface area contributed by atoms with Crippen LogP contribution < -0.4 is 20.9 Å². The Kier molecular flexibility index (Phi) is 13.1. The third-order valence-corrected chi connectivity index (χ3v) is 8.79. The molecule has 0 radical (unpaired) electrons. The topological polar surface area (TPSA) is 201 Å². The zero-order valence-corrected chi connectivity index (χ0v) is 30.5. The molecule has 16 nitrogen and oxygen atoms in total. The van der Waals surface area contributed by atoms with E-state index in [0.29, 0.717) is 61.4 Å². The van der Waals surface area contributed by atoms with Gasteiger partial charge in [-0.25, -0.2) is 24.4 Å². The van der Waals surface area contributed by atoms with Crippen LogP contribution >= 0.6 is 0 Å². The Morgan fingerprint density at radius 3 is 2.50 bits per heavy atom. The van der Waals surface area contributed by atoms with Gasteiger partial charge < -0.3 is 35.2 Å². The normalized spacial score (nSPS) is 16.3. The standard InChI is InChI=1S/C36H47N9O7/c1-23-15-19-44(29(46)14-17-37)21-28(23)43(5)30-26-16-20-45(31(26)40-22-39-30)34(49)41-25-12-10-24(11-13-25)32(47)42-27(33(48)51-6)9-7-8-18-38-35(50)52-36(2,3)4/h10-13,16,20,22-23,27-28H,7-9,14-15,18-19,21H2,1-6H3,(H,38,50)(H,41,49)(H,42,47)/t23-,27+,28?/m1/s1. The maximum atomic E-state index is 13.4. The number of likely N-dealkylation sites (N-methyl/N-ethyl adjacent to an activating group) is 1. The lowest BCUT2D eigenvalue weighted by molar-refractivity contribution is -0.143. The minimum absolute atomic E-state index is 0.0570. The summed E-state index contributed by atoms with van der Waals surface area (Å²) in [4.78, 5) is 75.6. The van der Waals surface area contributed by atoms with Crippen LogP contribution in [0.5, 0.6) is 0 Å². The molecule has 52 heavy (non-hydrogen) atoms. The first-order valence-corrected chi connectivity index (χ1v) is 17.2. The number of hydrogen-bond acceptors (Lipinski definition) is 11. The predicted octanol–water partition coefficient (Wildman–Crippen LogP) is 4.06. The highest BCUT2D eigenvalue weighted by atomic mass is 16.6. The quantitative estimate of drug-likeness (QED) is 0.180. The Morgan fingerprint density at radius 1 is 1.10 bits per heavy atom. The summed E-state index contributed by atoms with van der Waals surface area (Å²) in [7, 11) is 3.14. The molecule has 16 heteroatoms. The van der Waals surface area contributed by atoms with Gasteiger partial charge in [-0.15, -0.1) is 0 Å². The summed E-state index contributed by atoms with van der Waals surface area (Å²) >= 11 is 0. The average Bonchev–Trinajstić information content (AvgIpc) is 3.55. The van der Waals surface area contributed by atoms with Gasteiger partial charge in [-0.05, 0) is 82.7 Å². The Bertz CT molecular complexity index is 1800. The number of aromatic nitrogens is 3. The second-order valence-electron chi connectivity index (χ2n) is 13.7. The number of rotatable bonds is 12. The van der Waals surface area contributed by atoms with E-state index in [9.17, 15) is 24.0 Å². The molecule has 3 N–H and O–H groups in total. The van der Waals surface area contributed by atoms with Gasteiger partial charge in [0.25, 0.3) is 5.91 Å². The zero-order valence-electron chi connectivity index (χ0n) is 30.5. The van der Waals surface area contributed by atoms with Gasteiger partial charge in [0.1, 0.15) is 30.2 Å². The molecule has 0 aliphatic carbocycles. The number of nitrogens with zero attached hydrogens (tertiary/aromatic N) is 6. The number of carbonyl (C=O) groups excluding carboxylic acids is 5. The number of ether oxygens (including phenoxy) is 2. The maximum absolute atomic E-state index is 13.4. The fourth-order valence-corrected chi connectivity index (χ4v) is 6.00. The van der Waals surface area contributed by atoms with Gasteiger partial charge in [0.15, 0.2) is 5.65 Å². The SMILES string of the molecule is COC(=O)[C@H](CCCCNC(=O)OC(C)(C)C)NC(=O)c1ccc(NC(=O)n2ccc3c(N(C)C4CN(C(=O)CC#N)CC[C@H]4C)ncnc32)cc1. The van der Waals surface area contributed by atoms with Crippen molar-refractivity contribution >= 4 is 52.4 Å². The first-order chi connectivity index (χ1) is 24.7. The average molecular weight is 718 g/mol. The molecule has 1 aromatic carbocycles. The Hall–Kier alpha value is -5.72.